The molecule has 8 nitrogen and oxygen atoms in total. The highest BCUT2D eigenvalue weighted by Crippen LogP contribution is 2.35. The lowest BCUT2D eigenvalue weighted by Gasteiger charge is -2.27. The molecule has 126 valence electrons. The third kappa shape index (κ3) is 2.82. The molecule has 8 heteroatoms. The highest BCUT2D eigenvalue weighted by Gasteiger charge is 2.35. The second kappa shape index (κ2) is 6.31. The summed E-state index contributed by atoms with van der Waals surface area (Å²) >= 11 is 0. The molecule has 1 aliphatic rings. The molecule has 0 bridgehead atoms. The summed E-state index contributed by atoms with van der Waals surface area (Å²) in [6.07, 6.45) is -0.218. The van der Waals surface area contributed by atoms with E-state index in [4.69, 9.17) is 9.47 Å². The van der Waals surface area contributed by atoms with Crippen molar-refractivity contribution < 1.29 is 14.3 Å². The fraction of sp³-hybridized carbons (Fsp3) is 0.375. The van der Waals surface area contributed by atoms with E-state index in [0.29, 0.717) is 17.2 Å². The van der Waals surface area contributed by atoms with Crippen molar-refractivity contribution >= 4 is 11.9 Å². The van der Waals surface area contributed by atoms with Crippen molar-refractivity contribution in [1.82, 2.24) is 20.2 Å². The first-order valence-electron chi connectivity index (χ1n) is 7.62. The minimum absolute atomic E-state index is 0.218. The summed E-state index contributed by atoms with van der Waals surface area (Å²) in [5.41, 5.74) is 2.01. The molecule has 0 radical (unpaired) electrons. The first-order chi connectivity index (χ1) is 11.5. The van der Waals surface area contributed by atoms with Gasteiger partial charge in [0, 0.05) is 5.70 Å². The van der Waals surface area contributed by atoms with E-state index < -0.39 is 12.0 Å². The lowest BCUT2D eigenvalue weighted by Crippen LogP contribution is -2.30. The number of nitrogens with zero attached hydrogens (tertiary/aromatic N) is 4. The number of esters is 1. The first kappa shape index (κ1) is 16.0. The van der Waals surface area contributed by atoms with Gasteiger partial charge in [0.15, 0.2) is 0 Å². The monoisotopic (exact) mass is 329 g/mol. The van der Waals surface area contributed by atoms with Gasteiger partial charge in [0.1, 0.15) is 11.8 Å². The van der Waals surface area contributed by atoms with E-state index in [-0.39, 0.29) is 6.10 Å². The van der Waals surface area contributed by atoms with Gasteiger partial charge >= 0.3 is 5.97 Å². The molecule has 0 fully saturated rings. The van der Waals surface area contributed by atoms with Crippen molar-refractivity contribution in [3.8, 4) is 5.75 Å². The maximum Gasteiger partial charge on any atom is 0.338 e. The Kier molecular flexibility index (Phi) is 4.20. The molecule has 24 heavy (non-hydrogen) atoms. The summed E-state index contributed by atoms with van der Waals surface area (Å²) in [6.45, 7) is 5.44. The minimum Gasteiger partial charge on any atom is -0.497 e. The van der Waals surface area contributed by atoms with Gasteiger partial charge in [-0.3, -0.25) is 0 Å². The van der Waals surface area contributed by atoms with Crippen molar-refractivity contribution in [2.45, 2.75) is 32.9 Å². The van der Waals surface area contributed by atoms with Gasteiger partial charge in [0.25, 0.3) is 0 Å². The Morgan fingerprint density at radius 3 is 2.62 bits per heavy atom. The maximum absolute atomic E-state index is 12.6. The lowest BCUT2D eigenvalue weighted by atomic mass is 9.95. The predicted molar refractivity (Wildman–Crippen MR) is 86.5 cm³/mol. The molecule has 0 saturated heterocycles. The largest absolute Gasteiger partial charge is 0.497 e. The fourth-order valence-corrected chi connectivity index (χ4v) is 2.65. The van der Waals surface area contributed by atoms with E-state index in [1.54, 1.807) is 11.8 Å². The number of hydrogen-bond donors (Lipinski definition) is 1. The van der Waals surface area contributed by atoms with Crippen molar-refractivity contribution in [3.63, 3.8) is 0 Å². The summed E-state index contributed by atoms with van der Waals surface area (Å²) in [7, 11) is 1.61. The minimum atomic E-state index is -0.464. The van der Waals surface area contributed by atoms with E-state index in [9.17, 15) is 4.79 Å². The van der Waals surface area contributed by atoms with Crippen molar-refractivity contribution in [3.05, 3.63) is 41.1 Å². The number of aromatic nitrogens is 4. The van der Waals surface area contributed by atoms with Crippen LogP contribution in [-0.4, -0.2) is 39.4 Å². The number of carbonyl (C=O) groups excluding carboxylic acids is 1. The molecule has 3 rings (SSSR count). The van der Waals surface area contributed by atoms with Crippen LogP contribution in [0.25, 0.3) is 0 Å². The van der Waals surface area contributed by atoms with Crippen LogP contribution in [0.15, 0.2) is 35.5 Å². The SMILES string of the molecule is COc1ccc([C@@H]2C(C(=O)OC(C)C)=C(C)Nc3nnnn32)cc1. The zero-order chi connectivity index (χ0) is 17.3. The van der Waals surface area contributed by atoms with Crippen LogP contribution in [0.3, 0.4) is 0 Å². The molecule has 0 saturated carbocycles. The van der Waals surface area contributed by atoms with Gasteiger partial charge in [-0.1, -0.05) is 17.2 Å². The number of ether oxygens (including phenoxy) is 2. The summed E-state index contributed by atoms with van der Waals surface area (Å²) in [4.78, 5) is 12.6. The molecule has 1 aromatic carbocycles. The molecule has 0 amide bonds. The van der Waals surface area contributed by atoms with Gasteiger partial charge in [-0.2, -0.15) is 4.68 Å². The number of benzene rings is 1. The Hall–Kier alpha value is -2.90. The van der Waals surface area contributed by atoms with Gasteiger partial charge in [-0.05, 0) is 48.9 Å². The first-order valence-corrected chi connectivity index (χ1v) is 7.62. The van der Waals surface area contributed by atoms with E-state index >= 15 is 0 Å². The number of allylic oxidation sites excluding steroid dienone is 1. The molecule has 1 aliphatic heterocycles. The smallest absolute Gasteiger partial charge is 0.338 e. The Morgan fingerprint density at radius 1 is 1.29 bits per heavy atom. The Labute approximate surface area is 139 Å². The van der Waals surface area contributed by atoms with Gasteiger partial charge in [0.05, 0.1) is 18.8 Å². The third-order valence-corrected chi connectivity index (χ3v) is 3.71. The van der Waals surface area contributed by atoms with Crippen LogP contribution in [0.4, 0.5) is 5.95 Å². The second-order valence-corrected chi connectivity index (χ2v) is 5.74. The molecule has 2 heterocycles. The topological polar surface area (TPSA) is 91.2 Å². The van der Waals surface area contributed by atoms with Gasteiger partial charge in [0.2, 0.25) is 5.95 Å². The highest BCUT2D eigenvalue weighted by atomic mass is 16.5. The Bertz CT molecular complexity index is 779. The van der Waals surface area contributed by atoms with E-state index in [1.807, 2.05) is 45.0 Å². The number of fused-ring (bicyclic) bond motifs is 1. The van der Waals surface area contributed by atoms with E-state index in [0.717, 1.165) is 11.3 Å². The highest BCUT2D eigenvalue weighted by molar-refractivity contribution is 5.92. The zero-order valence-corrected chi connectivity index (χ0v) is 14.0. The molecule has 1 atom stereocenters. The average molecular weight is 329 g/mol. The molecular formula is C16H19N5O3. The molecule has 0 aliphatic carbocycles. The maximum atomic E-state index is 12.6. The van der Waals surface area contributed by atoms with Crippen molar-refractivity contribution in [2.24, 2.45) is 0 Å². The number of rotatable bonds is 4. The number of nitrogens with one attached hydrogen (secondary N) is 1. The van der Waals surface area contributed by atoms with Crippen LogP contribution in [0.2, 0.25) is 0 Å². The van der Waals surface area contributed by atoms with Crippen LogP contribution < -0.4 is 10.1 Å². The normalized spacial score (nSPS) is 16.6. The number of carbonyl (C=O) groups is 1. The predicted octanol–water partition coefficient (Wildman–Crippen LogP) is 1.92. The van der Waals surface area contributed by atoms with Crippen molar-refractivity contribution in [1.29, 1.82) is 0 Å². The summed E-state index contributed by atoms with van der Waals surface area (Å²) in [6, 6.07) is 6.98. The van der Waals surface area contributed by atoms with Crippen LogP contribution in [0.1, 0.15) is 32.4 Å². The molecule has 2 aromatic rings. The fourth-order valence-electron chi connectivity index (χ4n) is 2.65. The summed E-state index contributed by atoms with van der Waals surface area (Å²) < 4.78 is 12.2. The molecule has 0 spiro atoms. The molecular weight excluding hydrogens is 310 g/mol. The van der Waals surface area contributed by atoms with Crippen LogP contribution in [0, 0.1) is 0 Å². The van der Waals surface area contributed by atoms with Gasteiger partial charge < -0.3 is 14.8 Å². The number of hydrogen-bond acceptors (Lipinski definition) is 7. The van der Waals surface area contributed by atoms with E-state index in [1.165, 1.54) is 0 Å². The van der Waals surface area contributed by atoms with Crippen LogP contribution >= 0.6 is 0 Å². The van der Waals surface area contributed by atoms with Gasteiger partial charge in [-0.25, -0.2) is 4.79 Å². The third-order valence-electron chi connectivity index (χ3n) is 3.71. The van der Waals surface area contributed by atoms with Crippen LogP contribution in [0.5, 0.6) is 5.75 Å². The van der Waals surface area contributed by atoms with Crippen LogP contribution in [-0.2, 0) is 9.53 Å². The number of anilines is 1. The second-order valence-electron chi connectivity index (χ2n) is 5.74. The molecule has 1 aromatic heterocycles. The quantitative estimate of drug-likeness (QED) is 0.857. The lowest BCUT2D eigenvalue weighted by molar-refractivity contribution is -0.143. The summed E-state index contributed by atoms with van der Waals surface area (Å²) in [5, 5.41) is 14.7. The number of methoxy groups -OCH3 is 1. The molecule has 1 N–H and O–H groups in total. The summed E-state index contributed by atoms with van der Waals surface area (Å²) in [5.74, 6) is 0.822. The average Bonchev–Trinajstić information content (AvgIpc) is 3.00. The number of tetrazole rings is 1. The Morgan fingerprint density at radius 2 is 2.00 bits per heavy atom. The Balaban J connectivity index is 2.08. The van der Waals surface area contributed by atoms with Gasteiger partial charge in [-0.15, -0.1) is 0 Å². The standard InChI is InChI=1S/C16H19N5O3/c1-9(2)24-15(22)13-10(3)17-16-18-19-20-21(16)14(13)11-5-7-12(23-4)8-6-11/h5-9,14H,1-4H3,(H,17,18,20)/t14-/m1/s1. The van der Waals surface area contributed by atoms with Crippen molar-refractivity contribution in [2.75, 3.05) is 12.4 Å². The molecule has 0 unspecified atom stereocenters. The van der Waals surface area contributed by atoms with E-state index in [2.05, 4.69) is 20.8 Å². The zero-order valence-electron chi connectivity index (χ0n) is 14.0.